The Morgan fingerprint density at radius 3 is 2.27 bits per heavy atom. The number of aliphatic hydroxyl groups excluding tert-OH is 1. The molecule has 5 amide bonds. The summed E-state index contributed by atoms with van der Waals surface area (Å²) in [5, 5.41) is 17.9. The van der Waals surface area contributed by atoms with E-state index in [1.54, 1.807) is 55.3 Å². The molecule has 12 nitrogen and oxygen atoms in total. The number of likely N-dealkylation sites (N-methyl/N-ethyl adjacent to an activating group) is 1. The summed E-state index contributed by atoms with van der Waals surface area (Å²) in [6.07, 6.45) is -5.19. The molecule has 0 fully saturated rings. The average Bonchev–Trinajstić information content (AvgIpc) is 3.52. The van der Waals surface area contributed by atoms with Gasteiger partial charge in [0.2, 0.25) is 12.7 Å². The third kappa shape index (κ3) is 8.20. The Kier molecular flexibility index (Phi) is 10.2. The van der Waals surface area contributed by atoms with Crippen molar-refractivity contribution in [3.8, 4) is 17.2 Å². The number of ether oxygens (including phenoxy) is 3. The van der Waals surface area contributed by atoms with Crippen LogP contribution >= 0.6 is 0 Å². The van der Waals surface area contributed by atoms with Gasteiger partial charge >= 0.3 is 18.2 Å². The van der Waals surface area contributed by atoms with Gasteiger partial charge in [-0.1, -0.05) is 6.92 Å². The van der Waals surface area contributed by atoms with E-state index in [2.05, 4.69) is 16.0 Å². The summed E-state index contributed by atoms with van der Waals surface area (Å²) in [7, 11) is 1.62. The molecule has 0 unspecified atom stereocenters. The maximum absolute atomic E-state index is 13.5. The number of carbonyl (C=O) groups excluding carboxylic acids is 3. The van der Waals surface area contributed by atoms with Crippen LogP contribution in [0.3, 0.4) is 0 Å². The Hall–Kier alpha value is -5.18. The fourth-order valence-corrected chi connectivity index (χ4v) is 5.31. The van der Waals surface area contributed by atoms with Crippen LogP contribution in [0.15, 0.2) is 60.7 Å². The quantitative estimate of drug-likeness (QED) is 0.264. The van der Waals surface area contributed by atoms with Crippen molar-refractivity contribution in [2.24, 2.45) is 5.92 Å². The molecule has 0 spiro atoms. The molecule has 256 valence electrons. The van der Waals surface area contributed by atoms with E-state index >= 15 is 0 Å². The predicted molar refractivity (Wildman–Crippen MR) is 170 cm³/mol. The number of hydrogen-bond acceptors (Lipinski definition) is 7. The first kappa shape index (κ1) is 34.2. The molecule has 3 aromatic rings. The van der Waals surface area contributed by atoms with Crippen LogP contribution in [0.1, 0.15) is 25.0 Å². The van der Waals surface area contributed by atoms with Crippen molar-refractivity contribution in [2.75, 3.05) is 49.5 Å². The zero-order valence-electron chi connectivity index (χ0n) is 26.5. The Balaban J connectivity index is 1.32. The number of amides is 5. The third-order valence-electron chi connectivity index (χ3n) is 8.07. The number of urea groups is 2. The van der Waals surface area contributed by atoms with Crippen molar-refractivity contribution in [1.29, 1.82) is 0 Å². The summed E-state index contributed by atoms with van der Waals surface area (Å²) in [5.74, 6) is 0.935. The number of nitrogens with one attached hydrogen (secondary N) is 3. The second kappa shape index (κ2) is 14.3. The lowest BCUT2D eigenvalue weighted by Gasteiger charge is -2.34. The molecular weight excluding hydrogens is 635 g/mol. The van der Waals surface area contributed by atoms with Crippen LogP contribution in [0.25, 0.3) is 0 Å². The third-order valence-corrected chi connectivity index (χ3v) is 8.07. The lowest BCUT2D eigenvalue weighted by atomic mass is 10.0. The number of nitrogens with zero attached hydrogens (tertiary/aromatic N) is 2. The molecule has 2 aliphatic rings. The highest BCUT2D eigenvalue weighted by Gasteiger charge is 2.32. The van der Waals surface area contributed by atoms with Crippen LogP contribution in [0, 0.1) is 5.92 Å². The Morgan fingerprint density at radius 2 is 1.58 bits per heavy atom. The van der Waals surface area contributed by atoms with E-state index in [1.807, 2.05) is 6.92 Å². The first-order valence-electron chi connectivity index (χ1n) is 15.2. The molecule has 2 aliphatic heterocycles. The molecule has 0 radical (unpaired) electrons. The predicted octanol–water partition coefficient (Wildman–Crippen LogP) is 5.39. The highest BCUT2D eigenvalue weighted by atomic mass is 19.4. The molecule has 0 aliphatic carbocycles. The van der Waals surface area contributed by atoms with Gasteiger partial charge in [0.05, 0.1) is 31.2 Å². The van der Waals surface area contributed by atoms with Crippen LogP contribution < -0.4 is 30.2 Å². The van der Waals surface area contributed by atoms with E-state index in [4.69, 9.17) is 14.2 Å². The highest BCUT2D eigenvalue weighted by molar-refractivity contribution is 6.00. The van der Waals surface area contributed by atoms with Crippen molar-refractivity contribution in [2.45, 2.75) is 38.6 Å². The standard InChI is InChI=1S/C33H36F3N5O7/c1-19-15-41(20(2)17-42)30(43)13-21-12-24(38-31(44)37-23-6-4-22(5-7-23)33(34,35)36)8-10-26(21)48-29(19)16-40(3)32(45)39-25-9-11-27-28(14-25)47-18-46-27/h4-12,14,19-20,29,42H,13,15-18H2,1-3H3,(H,39,45)(H2,37,38,44)/t19-,20+,29+/m0/s1. The molecule has 0 saturated heterocycles. The summed E-state index contributed by atoms with van der Waals surface area (Å²) < 4.78 is 55.8. The van der Waals surface area contributed by atoms with Gasteiger partial charge in [-0.15, -0.1) is 0 Å². The monoisotopic (exact) mass is 671 g/mol. The van der Waals surface area contributed by atoms with Crippen molar-refractivity contribution >= 4 is 35.0 Å². The van der Waals surface area contributed by atoms with Crippen LogP contribution in [0.4, 0.5) is 39.8 Å². The number of aliphatic hydroxyl groups is 1. The van der Waals surface area contributed by atoms with Crippen LogP contribution in [0.2, 0.25) is 0 Å². The molecule has 3 atom stereocenters. The largest absolute Gasteiger partial charge is 0.488 e. The van der Waals surface area contributed by atoms with Gasteiger partial charge in [0.25, 0.3) is 0 Å². The number of halogens is 3. The molecule has 15 heteroatoms. The van der Waals surface area contributed by atoms with E-state index in [0.717, 1.165) is 24.3 Å². The minimum Gasteiger partial charge on any atom is -0.488 e. The molecule has 0 aromatic heterocycles. The molecule has 5 rings (SSSR count). The Bertz CT molecular complexity index is 1650. The molecular formula is C33H36F3N5O7. The van der Waals surface area contributed by atoms with E-state index in [1.165, 1.54) is 4.90 Å². The van der Waals surface area contributed by atoms with E-state index in [9.17, 15) is 32.7 Å². The first-order chi connectivity index (χ1) is 22.8. The number of benzene rings is 3. The SMILES string of the molecule is C[C@H](CO)N1C[C@H](C)[C@@H](CN(C)C(=O)Nc2ccc3c(c2)OCO3)Oc2ccc(NC(=O)Nc3ccc(C(F)(F)F)cc3)cc2CC1=O. The van der Waals surface area contributed by atoms with Gasteiger partial charge in [-0.3, -0.25) is 4.79 Å². The van der Waals surface area contributed by atoms with Gasteiger partial charge < -0.3 is 45.1 Å². The van der Waals surface area contributed by atoms with Gasteiger partial charge in [0.1, 0.15) is 11.9 Å². The number of rotatable bonds is 7. The number of anilines is 3. The second-order valence-electron chi connectivity index (χ2n) is 11.7. The summed E-state index contributed by atoms with van der Waals surface area (Å²) in [5.41, 5.74) is 0.582. The average molecular weight is 672 g/mol. The Morgan fingerprint density at radius 1 is 0.958 bits per heavy atom. The van der Waals surface area contributed by atoms with Crippen molar-refractivity contribution in [3.05, 3.63) is 71.8 Å². The van der Waals surface area contributed by atoms with E-state index in [-0.39, 0.29) is 50.4 Å². The topological polar surface area (TPSA) is 142 Å². The van der Waals surface area contributed by atoms with Crippen LogP contribution in [-0.2, 0) is 17.4 Å². The molecule has 3 aromatic carbocycles. The molecule has 0 bridgehead atoms. The molecule has 0 saturated carbocycles. The van der Waals surface area contributed by atoms with Crippen molar-refractivity contribution in [1.82, 2.24) is 9.80 Å². The zero-order valence-corrected chi connectivity index (χ0v) is 26.5. The number of carbonyl (C=O) groups is 3. The zero-order chi connectivity index (χ0) is 34.6. The lowest BCUT2D eigenvalue weighted by molar-refractivity contribution is -0.137. The lowest BCUT2D eigenvalue weighted by Crippen LogP contribution is -2.48. The number of fused-ring (bicyclic) bond motifs is 2. The first-order valence-corrected chi connectivity index (χ1v) is 15.2. The van der Waals surface area contributed by atoms with E-state index < -0.39 is 35.9 Å². The normalized spacial score (nSPS) is 18.0. The molecule has 48 heavy (non-hydrogen) atoms. The Labute approximate surface area is 274 Å². The van der Waals surface area contributed by atoms with Crippen molar-refractivity contribution in [3.63, 3.8) is 0 Å². The fourth-order valence-electron chi connectivity index (χ4n) is 5.31. The molecule has 2 heterocycles. The van der Waals surface area contributed by atoms with Gasteiger partial charge in [0.15, 0.2) is 11.5 Å². The summed E-state index contributed by atoms with van der Waals surface area (Å²) in [6, 6.07) is 12.2. The van der Waals surface area contributed by atoms with Gasteiger partial charge in [-0.05, 0) is 61.5 Å². The minimum absolute atomic E-state index is 0.102. The van der Waals surface area contributed by atoms with Crippen LogP contribution in [-0.4, -0.2) is 78.6 Å². The van der Waals surface area contributed by atoms with Gasteiger partial charge in [0, 0.05) is 48.2 Å². The summed E-state index contributed by atoms with van der Waals surface area (Å²) in [6.45, 7) is 3.85. The minimum atomic E-state index is -4.50. The summed E-state index contributed by atoms with van der Waals surface area (Å²) >= 11 is 0. The van der Waals surface area contributed by atoms with Gasteiger partial charge in [-0.2, -0.15) is 13.2 Å². The highest BCUT2D eigenvalue weighted by Crippen LogP contribution is 2.35. The summed E-state index contributed by atoms with van der Waals surface area (Å²) in [4.78, 5) is 42.4. The number of alkyl halides is 3. The molecule has 4 N–H and O–H groups in total. The smallest absolute Gasteiger partial charge is 0.416 e. The maximum Gasteiger partial charge on any atom is 0.416 e. The van der Waals surface area contributed by atoms with Crippen molar-refractivity contribution < 1.29 is 46.9 Å². The number of hydrogen-bond donors (Lipinski definition) is 4. The van der Waals surface area contributed by atoms with E-state index in [0.29, 0.717) is 34.2 Å². The van der Waals surface area contributed by atoms with Crippen LogP contribution in [0.5, 0.6) is 17.2 Å². The second-order valence-corrected chi connectivity index (χ2v) is 11.7. The fraction of sp³-hybridized carbons (Fsp3) is 0.364. The maximum atomic E-state index is 13.5. The van der Waals surface area contributed by atoms with Gasteiger partial charge in [-0.25, -0.2) is 9.59 Å².